The molecule has 1 heteroatoms. The first-order chi connectivity index (χ1) is 8.74. The van der Waals surface area contributed by atoms with E-state index in [4.69, 9.17) is 0 Å². The van der Waals surface area contributed by atoms with Crippen LogP contribution in [0, 0.1) is 11.8 Å². The third-order valence-corrected chi connectivity index (χ3v) is 4.81. The lowest BCUT2D eigenvalue weighted by molar-refractivity contribution is 0.226. The number of rotatable bonds is 9. The van der Waals surface area contributed by atoms with Crippen LogP contribution >= 0.6 is 0 Å². The molecule has 1 saturated carbocycles. The molecule has 1 aliphatic carbocycles. The van der Waals surface area contributed by atoms with E-state index in [0.717, 1.165) is 17.9 Å². The molecule has 0 aromatic rings. The highest BCUT2D eigenvalue weighted by atomic mass is 14.9. The van der Waals surface area contributed by atoms with Gasteiger partial charge in [-0.25, -0.2) is 0 Å². The first-order valence-electron chi connectivity index (χ1n) is 8.47. The molecule has 0 radical (unpaired) electrons. The van der Waals surface area contributed by atoms with Gasteiger partial charge in [0.1, 0.15) is 0 Å². The van der Waals surface area contributed by atoms with Gasteiger partial charge in [-0.1, -0.05) is 59.3 Å². The number of unbranched alkanes of at least 4 members (excludes halogenated alkanes) is 6. The van der Waals surface area contributed by atoms with E-state index in [2.05, 4.69) is 26.1 Å². The minimum atomic E-state index is 0.816. The Bertz CT molecular complexity index is 190. The van der Waals surface area contributed by atoms with Gasteiger partial charge >= 0.3 is 0 Å². The molecule has 3 unspecified atom stereocenters. The summed E-state index contributed by atoms with van der Waals surface area (Å²) in [7, 11) is 0. The first kappa shape index (κ1) is 16.0. The molecule has 0 aliphatic heterocycles. The largest absolute Gasteiger partial charge is 0.314 e. The molecule has 0 aromatic heterocycles. The molecule has 1 rings (SSSR count). The summed E-state index contributed by atoms with van der Waals surface area (Å²) in [6, 6.07) is 0.816. The van der Waals surface area contributed by atoms with Crippen LogP contribution in [-0.4, -0.2) is 12.6 Å². The van der Waals surface area contributed by atoms with E-state index in [1.54, 1.807) is 0 Å². The van der Waals surface area contributed by atoms with Gasteiger partial charge in [0.05, 0.1) is 0 Å². The van der Waals surface area contributed by atoms with Crippen molar-refractivity contribution in [1.82, 2.24) is 5.32 Å². The quantitative estimate of drug-likeness (QED) is 0.560. The standard InChI is InChI=1S/C17H35N/c1-4-5-6-7-8-9-10-13-18-17-12-11-15(2)16(3)14-17/h15-18H,4-14H2,1-3H3. The highest BCUT2D eigenvalue weighted by Crippen LogP contribution is 2.29. The maximum absolute atomic E-state index is 3.77. The third-order valence-electron chi connectivity index (χ3n) is 4.81. The maximum atomic E-state index is 3.77. The molecule has 0 bridgehead atoms. The summed E-state index contributed by atoms with van der Waals surface area (Å²) in [6.07, 6.45) is 14.2. The lowest BCUT2D eigenvalue weighted by atomic mass is 9.79. The van der Waals surface area contributed by atoms with E-state index in [1.165, 1.54) is 70.8 Å². The fourth-order valence-corrected chi connectivity index (χ4v) is 3.12. The molecular weight excluding hydrogens is 218 g/mol. The van der Waals surface area contributed by atoms with Crippen LogP contribution in [0.2, 0.25) is 0 Å². The van der Waals surface area contributed by atoms with Gasteiger partial charge in [0, 0.05) is 6.04 Å². The van der Waals surface area contributed by atoms with Gasteiger partial charge in [0.15, 0.2) is 0 Å². The fraction of sp³-hybridized carbons (Fsp3) is 1.00. The van der Waals surface area contributed by atoms with Crippen molar-refractivity contribution in [2.24, 2.45) is 11.8 Å². The predicted molar refractivity (Wildman–Crippen MR) is 82.0 cm³/mol. The Labute approximate surface area is 115 Å². The minimum Gasteiger partial charge on any atom is -0.314 e. The Balaban J connectivity index is 1.89. The zero-order valence-corrected chi connectivity index (χ0v) is 13.0. The fourth-order valence-electron chi connectivity index (χ4n) is 3.12. The van der Waals surface area contributed by atoms with Crippen molar-refractivity contribution in [3.8, 4) is 0 Å². The van der Waals surface area contributed by atoms with Crippen molar-refractivity contribution >= 4 is 0 Å². The lowest BCUT2D eigenvalue weighted by Gasteiger charge is -2.32. The van der Waals surface area contributed by atoms with Gasteiger partial charge in [0.25, 0.3) is 0 Å². The minimum absolute atomic E-state index is 0.816. The van der Waals surface area contributed by atoms with Crippen LogP contribution < -0.4 is 5.32 Å². The van der Waals surface area contributed by atoms with Gasteiger partial charge in [-0.15, -0.1) is 0 Å². The van der Waals surface area contributed by atoms with E-state index in [-0.39, 0.29) is 0 Å². The second-order valence-corrected chi connectivity index (χ2v) is 6.54. The van der Waals surface area contributed by atoms with Gasteiger partial charge < -0.3 is 5.32 Å². The van der Waals surface area contributed by atoms with Crippen molar-refractivity contribution in [2.75, 3.05) is 6.54 Å². The summed E-state index contributed by atoms with van der Waals surface area (Å²) >= 11 is 0. The molecule has 0 spiro atoms. The van der Waals surface area contributed by atoms with Crippen molar-refractivity contribution in [1.29, 1.82) is 0 Å². The first-order valence-corrected chi connectivity index (χ1v) is 8.47. The topological polar surface area (TPSA) is 12.0 Å². The van der Waals surface area contributed by atoms with Crippen LogP contribution in [0.15, 0.2) is 0 Å². The molecule has 108 valence electrons. The lowest BCUT2D eigenvalue weighted by Crippen LogP contribution is -2.36. The van der Waals surface area contributed by atoms with E-state index in [1.807, 2.05) is 0 Å². The molecule has 1 nitrogen and oxygen atoms in total. The molecule has 0 amide bonds. The smallest absolute Gasteiger partial charge is 0.00698 e. The Morgan fingerprint density at radius 1 is 0.833 bits per heavy atom. The van der Waals surface area contributed by atoms with Crippen molar-refractivity contribution in [3.63, 3.8) is 0 Å². The Morgan fingerprint density at radius 2 is 1.50 bits per heavy atom. The van der Waals surface area contributed by atoms with Crippen LogP contribution in [0.3, 0.4) is 0 Å². The number of hydrogen-bond donors (Lipinski definition) is 1. The molecule has 0 saturated heterocycles. The molecule has 1 fully saturated rings. The Morgan fingerprint density at radius 3 is 2.17 bits per heavy atom. The van der Waals surface area contributed by atoms with Crippen molar-refractivity contribution in [3.05, 3.63) is 0 Å². The van der Waals surface area contributed by atoms with Crippen molar-refractivity contribution < 1.29 is 0 Å². The molecule has 18 heavy (non-hydrogen) atoms. The van der Waals surface area contributed by atoms with Crippen LogP contribution in [0.5, 0.6) is 0 Å². The second-order valence-electron chi connectivity index (χ2n) is 6.54. The molecule has 0 heterocycles. The van der Waals surface area contributed by atoms with Crippen LogP contribution in [-0.2, 0) is 0 Å². The Hall–Kier alpha value is -0.0400. The van der Waals surface area contributed by atoms with Gasteiger partial charge in [-0.05, 0) is 44.1 Å². The second kappa shape index (κ2) is 9.83. The zero-order chi connectivity index (χ0) is 13.2. The summed E-state index contributed by atoms with van der Waals surface area (Å²) in [5.41, 5.74) is 0. The van der Waals surface area contributed by atoms with Gasteiger partial charge in [-0.3, -0.25) is 0 Å². The zero-order valence-electron chi connectivity index (χ0n) is 13.0. The summed E-state index contributed by atoms with van der Waals surface area (Å²) in [5, 5.41) is 3.77. The van der Waals surface area contributed by atoms with E-state index in [0.29, 0.717) is 0 Å². The summed E-state index contributed by atoms with van der Waals surface area (Å²) in [4.78, 5) is 0. The Kier molecular flexibility index (Phi) is 8.75. The molecule has 3 atom stereocenters. The van der Waals surface area contributed by atoms with Crippen LogP contribution in [0.1, 0.15) is 85.0 Å². The maximum Gasteiger partial charge on any atom is 0.00698 e. The number of nitrogens with one attached hydrogen (secondary N) is 1. The van der Waals surface area contributed by atoms with E-state index < -0.39 is 0 Å². The average molecular weight is 253 g/mol. The summed E-state index contributed by atoms with van der Waals surface area (Å²) < 4.78 is 0. The third kappa shape index (κ3) is 6.78. The highest BCUT2D eigenvalue weighted by Gasteiger charge is 2.23. The summed E-state index contributed by atoms with van der Waals surface area (Å²) in [6.45, 7) is 8.37. The van der Waals surface area contributed by atoms with E-state index in [9.17, 15) is 0 Å². The number of hydrogen-bond acceptors (Lipinski definition) is 1. The molecule has 1 aliphatic rings. The highest BCUT2D eigenvalue weighted by molar-refractivity contribution is 4.79. The van der Waals surface area contributed by atoms with Gasteiger partial charge in [-0.2, -0.15) is 0 Å². The molecule has 0 aromatic carbocycles. The monoisotopic (exact) mass is 253 g/mol. The van der Waals surface area contributed by atoms with Crippen LogP contribution in [0.4, 0.5) is 0 Å². The molecule has 1 N–H and O–H groups in total. The molecular formula is C17H35N. The van der Waals surface area contributed by atoms with Crippen LogP contribution in [0.25, 0.3) is 0 Å². The SMILES string of the molecule is CCCCCCCCCNC1CCC(C)C(C)C1. The predicted octanol–water partition coefficient (Wildman–Crippen LogP) is 5.15. The van der Waals surface area contributed by atoms with E-state index >= 15 is 0 Å². The normalized spacial score (nSPS) is 28.5. The van der Waals surface area contributed by atoms with Crippen molar-refractivity contribution in [2.45, 2.75) is 91.0 Å². The van der Waals surface area contributed by atoms with Gasteiger partial charge in [0.2, 0.25) is 0 Å². The average Bonchev–Trinajstić information content (AvgIpc) is 2.37. The summed E-state index contributed by atoms with van der Waals surface area (Å²) in [5.74, 6) is 1.87.